The number of aromatic nitrogens is 1. The fraction of sp³-hybridized carbons (Fsp3) is 0.375. The Morgan fingerprint density at radius 3 is 2.64 bits per heavy atom. The molecule has 0 atom stereocenters. The van der Waals surface area contributed by atoms with E-state index < -0.39 is 0 Å². The van der Waals surface area contributed by atoms with Crippen LogP contribution in [0, 0.1) is 6.92 Å². The van der Waals surface area contributed by atoms with E-state index in [0.29, 0.717) is 15.7 Å². The van der Waals surface area contributed by atoms with Crippen LogP contribution in [0.1, 0.15) is 22.3 Å². The van der Waals surface area contributed by atoms with E-state index in [2.05, 4.69) is 10.3 Å². The number of carbonyl (C=O) groups excluding carboxylic acids is 2. The molecular formula is C8H9ClN2O2S. The first-order chi connectivity index (χ1) is 6.54. The first-order valence-electron chi connectivity index (χ1n) is 3.88. The molecule has 0 aromatic carbocycles. The van der Waals surface area contributed by atoms with Gasteiger partial charge >= 0.3 is 0 Å². The molecule has 0 radical (unpaired) electrons. The number of ketones is 1. The molecule has 6 heteroatoms. The van der Waals surface area contributed by atoms with Gasteiger partial charge in [-0.3, -0.25) is 9.59 Å². The Bertz CT molecular complexity index is 375. The second-order valence-electron chi connectivity index (χ2n) is 2.67. The molecule has 76 valence electrons. The molecule has 4 nitrogen and oxygen atoms in total. The fourth-order valence-corrected chi connectivity index (χ4v) is 1.87. The molecular weight excluding hydrogens is 224 g/mol. The summed E-state index contributed by atoms with van der Waals surface area (Å²) < 4.78 is 0. The predicted octanol–water partition coefficient (Wildman–Crippen LogP) is 1.83. The lowest BCUT2D eigenvalue weighted by Gasteiger charge is -1.94. The van der Waals surface area contributed by atoms with Crippen LogP contribution in [0.4, 0.5) is 5.13 Å². The van der Waals surface area contributed by atoms with Crippen LogP contribution in [0.25, 0.3) is 0 Å². The van der Waals surface area contributed by atoms with Crippen LogP contribution >= 0.6 is 22.9 Å². The molecule has 0 fully saturated rings. The van der Waals surface area contributed by atoms with Crippen molar-refractivity contribution in [3.8, 4) is 0 Å². The lowest BCUT2D eigenvalue weighted by Crippen LogP contribution is -2.12. The monoisotopic (exact) mass is 232 g/mol. The number of thiazole rings is 1. The van der Waals surface area contributed by atoms with Crippen LogP contribution in [-0.2, 0) is 4.79 Å². The van der Waals surface area contributed by atoms with Crippen molar-refractivity contribution in [3.63, 3.8) is 0 Å². The van der Waals surface area contributed by atoms with Crippen molar-refractivity contribution in [3.05, 3.63) is 10.6 Å². The molecule has 0 aliphatic rings. The molecule has 1 aromatic heterocycles. The van der Waals surface area contributed by atoms with Gasteiger partial charge in [0.1, 0.15) is 5.88 Å². The number of hydrogen-bond donors (Lipinski definition) is 1. The average Bonchev–Trinajstić information content (AvgIpc) is 2.46. The highest BCUT2D eigenvalue weighted by Gasteiger charge is 2.12. The lowest BCUT2D eigenvalue weighted by molar-refractivity contribution is -0.113. The molecule has 0 aliphatic carbocycles. The smallest absolute Gasteiger partial charge is 0.241 e. The first-order valence-corrected chi connectivity index (χ1v) is 5.24. The van der Waals surface area contributed by atoms with Gasteiger partial charge in [0, 0.05) is 6.92 Å². The lowest BCUT2D eigenvalue weighted by atomic mass is 10.3. The van der Waals surface area contributed by atoms with Crippen molar-refractivity contribution in [2.24, 2.45) is 0 Å². The number of Topliss-reactive ketones (excluding diaryl/α,β-unsaturated/α-hetero) is 1. The maximum Gasteiger partial charge on any atom is 0.241 e. The van der Waals surface area contributed by atoms with E-state index >= 15 is 0 Å². The Morgan fingerprint density at radius 1 is 1.57 bits per heavy atom. The maximum absolute atomic E-state index is 11.1. The number of nitrogens with zero attached hydrogens (tertiary/aromatic N) is 1. The number of hydrogen-bond acceptors (Lipinski definition) is 4. The van der Waals surface area contributed by atoms with Crippen LogP contribution in [0.5, 0.6) is 0 Å². The summed E-state index contributed by atoms with van der Waals surface area (Å²) in [6.07, 6.45) is 0. The predicted molar refractivity (Wildman–Crippen MR) is 56.2 cm³/mol. The van der Waals surface area contributed by atoms with Crippen LogP contribution < -0.4 is 5.32 Å². The van der Waals surface area contributed by atoms with Gasteiger partial charge in [0.15, 0.2) is 10.9 Å². The quantitative estimate of drug-likeness (QED) is 0.639. The summed E-state index contributed by atoms with van der Waals surface area (Å²) in [7, 11) is 0. The third-order valence-electron chi connectivity index (χ3n) is 1.48. The highest BCUT2D eigenvalue weighted by Crippen LogP contribution is 2.22. The van der Waals surface area contributed by atoms with Gasteiger partial charge < -0.3 is 5.32 Å². The maximum atomic E-state index is 11.1. The zero-order valence-electron chi connectivity index (χ0n) is 7.76. The van der Waals surface area contributed by atoms with Gasteiger partial charge in [-0.15, -0.1) is 11.6 Å². The average molecular weight is 233 g/mol. The molecule has 0 unspecified atom stereocenters. The van der Waals surface area contributed by atoms with E-state index in [4.69, 9.17) is 11.6 Å². The van der Waals surface area contributed by atoms with Crippen molar-refractivity contribution < 1.29 is 9.59 Å². The summed E-state index contributed by atoms with van der Waals surface area (Å²) in [5, 5.41) is 2.91. The highest BCUT2D eigenvalue weighted by atomic mass is 35.5. The minimum absolute atomic E-state index is 0.0497. The molecule has 0 spiro atoms. The summed E-state index contributed by atoms with van der Waals surface area (Å²) in [6, 6.07) is 0. The Kier molecular flexibility index (Phi) is 3.60. The summed E-state index contributed by atoms with van der Waals surface area (Å²) in [6.45, 7) is 3.19. The second-order valence-corrected chi connectivity index (χ2v) is 3.94. The third kappa shape index (κ3) is 2.52. The number of nitrogens with one attached hydrogen (secondary N) is 1. The number of aryl methyl sites for hydroxylation is 1. The SMILES string of the molecule is CC(=O)c1sc(NC(=O)CCl)nc1C. The van der Waals surface area contributed by atoms with Crippen LogP contribution in [0.3, 0.4) is 0 Å². The Hall–Kier alpha value is -0.940. The van der Waals surface area contributed by atoms with E-state index in [1.807, 2.05) is 0 Å². The molecule has 1 amide bonds. The van der Waals surface area contributed by atoms with Crippen LogP contribution in [0.2, 0.25) is 0 Å². The summed E-state index contributed by atoms with van der Waals surface area (Å²) in [5.41, 5.74) is 0.632. The standard InChI is InChI=1S/C8H9ClN2O2S/c1-4-7(5(2)12)14-8(10-4)11-6(13)3-9/h3H2,1-2H3,(H,10,11,13). The minimum Gasteiger partial charge on any atom is -0.301 e. The van der Waals surface area contributed by atoms with Gasteiger partial charge in [-0.25, -0.2) is 4.98 Å². The molecule has 1 aromatic rings. The number of rotatable bonds is 3. The van der Waals surface area contributed by atoms with Crippen molar-refractivity contribution in [1.29, 1.82) is 0 Å². The van der Waals surface area contributed by atoms with E-state index in [-0.39, 0.29) is 17.6 Å². The van der Waals surface area contributed by atoms with Gasteiger partial charge in [-0.05, 0) is 6.92 Å². The topological polar surface area (TPSA) is 59.1 Å². The van der Waals surface area contributed by atoms with Crippen molar-refractivity contribution in [2.75, 3.05) is 11.2 Å². The molecule has 1 rings (SSSR count). The molecule has 0 aliphatic heterocycles. The zero-order valence-corrected chi connectivity index (χ0v) is 9.33. The number of halogens is 1. The number of alkyl halides is 1. The summed E-state index contributed by atoms with van der Waals surface area (Å²) in [4.78, 5) is 26.6. The number of anilines is 1. The van der Waals surface area contributed by atoms with Crippen molar-refractivity contribution in [2.45, 2.75) is 13.8 Å². The van der Waals surface area contributed by atoms with E-state index in [1.54, 1.807) is 6.92 Å². The largest absolute Gasteiger partial charge is 0.301 e. The summed E-state index contributed by atoms with van der Waals surface area (Å²) >= 11 is 6.47. The normalized spacial score (nSPS) is 9.93. The molecule has 0 saturated heterocycles. The van der Waals surface area contributed by atoms with E-state index in [1.165, 1.54) is 6.92 Å². The Morgan fingerprint density at radius 2 is 2.21 bits per heavy atom. The second kappa shape index (κ2) is 4.52. The Balaban J connectivity index is 2.86. The van der Waals surface area contributed by atoms with Gasteiger partial charge in [0.05, 0.1) is 10.6 Å². The zero-order chi connectivity index (χ0) is 10.7. The minimum atomic E-state index is -0.324. The van der Waals surface area contributed by atoms with Crippen LogP contribution in [-0.4, -0.2) is 22.6 Å². The first kappa shape index (κ1) is 11.1. The van der Waals surface area contributed by atoms with Crippen molar-refractivity contribution in [1.82, 2.24) is 4.98 Å². The van der Waals surface area contributed by atoms with Gasteiger partial charge in [0.25, 0.3) is 0 Å². The van der Waals surface area contributed by atoms with E-state index in [9.17, 15) is 9.59 Å². The molecule has 0 bridgehead atoms. The molecule has 0 saturated carbocycles. The van der Waals surface area contributed by atoms with Crippen molar-refractivity contribution >= 4 is 39.8 Å². The molecule has 14 heavy (non-hydrogen) atoms. The van der Waals surface area contributed by atoms with Crippen LogP contribution in [0.15, 0.2) is 0 Å². The molecule has 1 heterocycles. The fourth-order valence-electron chi connectivity index (χ4n) is 0.929. The van der Waals surface area contributed by atoms with Gasteiger partial charge in [-0.2, -0.15) is 0 Å². The van der Waals surface area contributed by atoms with E-state index in [0.717, 1.165) is 11.3 Å². The highest BCUT2D eigenvalue weighted by molar-refractivity contribution is 7.17. The summed E-state index contributed by atoms with van der Waals surface area (Å²) in [5.74, 6) is -0.490. The Labute approximate surface area is 90.3 Å². The van der Waals surface area contributed by atoms with Gasteiger partial charge in [-0.1, -0.05) is 11.3 Å². The number of carbonyl (C=O) groups is 2. The molecule has 1 N–H and O–H groups in total. The van der Waals surface area contributed by atoms with Gasteiger partial charge in [0.2, 0.25) is 5.91 Å². The number of amides is 1. The third-order valence-corrected chi connectivity index (χ3v) is 2.90.